The number of rotatable bonds is 5. The number of nitrogens with zero attached hydrogens (tertiary/aromatic N) is 2. The van der Waals surface area contributed by atoms with E-state index in [1.807, 2.05) is 24.3 Å². The van der Waals surface area contributed by atoms with Crippen LogP contribution >= 0.6 is 11.6 Å². The van der Waals surface area contributed by atoms with Crippen LogP contribution in [0.4, 0.5) is 17.3 Å². The van der Waals surface area contributed by atoms with Gasteiger partial charge in [-0.1, -0.05) is 23.7 Å². The third-order valence-electron chi connectivity index (χ3n) is 3.39. The lowest BCUT2D eigenvalue weighted by Gasteiger charge is -2.13. The van der Waals surface area contributed by atoms with Crippen LogP contribution in [-0.4, -0.2) is 36.1 Å². The molecule has 1 aliphatic rings. The largest absolute Gasteiger partial charge is 0.371 e. The van der Waals surface area contributed by atoms with Crippen molar-refractivity contribution in [2.75, 3.05) is 30.9 Å². The normalized spacial score (nSPS) is 14.6. The van der Waals surface area contributed by atoms with Crippen LogP contribution in [-0.2, 0) is 9.47 Å². The number of hydrogen-bond donors (Lipinski definition) is 3. The molecule has 3 rings (SSSR count). The number of ether oxygens (including phenoxy) is 2. The zero-order chi connectivity index (χ0) is 17.1. The first-order valence-electron chi connectivity index (χ1n) is 7.24. The predicted molar refractivity (Wildman–Crippen MR) is 89.5 cm³/mol. The molecule has 1 fully saturated rings. The van der Waals surface area contributed by atoms with Crippen LogP contribution in [0.2, 0.25) is 5.15 Å². The summed E-state index contributed by atoms with van der Waals surface area (Å²) in [7, 11) is 1.65. The third kappa shape index (κ3) is 3.40. The quantitative estimate of drug-likeness (QED) is 0.757. The van der Waals surface area contributed by atoms with Gasteiger partial charge in [-0.2, -0.15) is 0 Å². The maximum atomic E-state index is 11.6. The molecule has 1 aromatic carbocycles. The fourth-order valence-electron chi connectivity index (χ4n) is 2.24. The molecule has 0 unspecified atom stereocenters. The standard InChI is InChI=1S/C15H16ClN5O3/c1-18-14-11(16)20-10(12(17)22)13(21-14)19-9-4-2-8(3-5-9)15-23-6-7-24-15/h2-5,15H,6-7H2,1H3,(H2,17,22)(H2,18,19,21). The van der Waals surface area contributed by atoms with E-state index in [2.05, 4.69) is 20.6 Å². The van der Waals surface area contributed by atoms with Crippen molar-refractivity contribution < 1.29 is 14.3 Å². The maximum absolute atomic E-state index is 11.6. The Morgan fingerprint density at radius 1 is 1.21 bits per heavy atom. The molecule has 2 aromatic rings. The van der Waals surface area contributed by atoms with E-state index in [-0.39, 0.29) is 23.0 Å². The molecule has 1 saturated heterocycles. The van der Waals surface area contributed by atoms with Gasteiger partial charge in [0.2, 0.25) is 0 Å². The van der Waals surface area contributed by atoms with Crippen molar-refractivity contribution in [3.63, 3.8) is 0 Å². The number of benzene rings is 1. The van der Waals surface area contributed by atoms with Crippen molar-refractivity contribution in [1.82, 2.24) is 9.97 Å². The van der Waals surface area contributed by atoms with Crippen LogP contribution in [0.1, 0.15) is 22.3 Å². The summed E-state index contributed by atoms with van der Waals surface area (Å²) in [6, 6.07) is 7.37. The second-order valence-corrected chi connectivity index (χ2v) is 5.35. The Bertz CT molecular complexity index is 748. The van der Waals surface area contributed by atoms with Gasteiger partial charge in [-0.3, -0.25) is 4.79 Å². The highest BCUT2D eigenvalue weighted by atomic mass is 35.5. The number of anilines is 3. The second kappa shape index (κ2) is 7.00. The molecule has 1 aromatic heterocycles. The number of nitrogens with two attached hydrogens (primary N) is 1. The predicted octanol–water partition coefficient (Wildman–Crippen LogP) is 2.06. The van der Waals surface area contributed by atoms with Gasteiger partial charge in [-0.05, 0) is 12.1 Å². The molecule has 0 spiro atoms. The smallest absolute Gasteiger partial charge is 0.271 e. The molecule has 2 heterocycles. The molecular weight excluding hydrogens is 334 g/mol. The van der Waals surface area contributed by atoms with Crippen LogP contribution in [0, 0.1) is 0 Å². The minimum atomic E-state index is -0.723. The van der Waals surface area contributed by atoms with Crippen LogP contribution < -0.4 is 16.4 Å². The van der Waals surface area contributed by atoms with E-state index in [9.17, 15) is 4.79 Å². The summed E-state index contributed by atoms with van der Waals surface area (Å²) in [5.74, 6) is -0.162. The Balaban J connectivity index is 1.85. The van der Waals surface area contributed by atoms with Crippen LogP contribution in [0.25, 0.3) is 0 Å². The molecule has 0 radical (unpaired) electrons. The van der Waals surface area contributed by atoms with Gasteiger partial charge < -0.3 is 25.8 Å². The lowest BCUT2D eigenvalue weighted by molar-refractivity contribution is -0.0441. The zero-order valence-electron chi connectivity index (χ0n) is 12.9. The molecule has 0 atom stereocenters. The van der Waals surface area contributed by atoms with Crippen LogP contribution in [0.15, 0.2) is 24.3 Å². The molecule has 0 aliphatic carbocycles. The highest BCUT2D eigenvalue weighted by Crippen LogP contribution is 2.27. The number of amides is 1. The topological polar surface area (TPSA) is 111 Å². The maximum Gasteiger partial charge on any atom is 0.271 e. The zero-order valence-corrected chi connectivity index (χ0v) is 13.6. The summed E-state index contributed by atoms with van der Waals surface area (Å²) in [5, 5.41) is 5.89. The van der Waals surface area contributed by atoms with Crippen molar-refractivity contribution in [2.24, 2.45) is 5.73 Å². The van der Waals surface area contributed by atoms with Gasteiger partial charge in [0, 0.05) is 18.3 Å². The average molecular weight is 350 g/mol. The minimum Gasteiger partial charge on any atom is -0.371 e. The summed E-state index contributed by atoms with van der Waals surface area (Å²) in [6.45, 7) is 1.17. The van der Waals surface area contributed by atoms with E-state index in [4.69, 9.17) is 26.8 Å². The monoisotopic (exact) mass is 349 g/mol. The number of primary amides is 1. The summed E-state index contributed by atoms with van der Waals surface area (Å²) < 4.78 is 10.9. The number of carbonyl (C=O) groups is 1. The van der Waals surface area contributed by atoms with Gasteiger partial charge in [0.25, 0.3) is 5.91 Å². The molecule has 9 heteroatoms. The molecule has 126 valence electrons. The first-order valence-corrected chi connectivity index (χ1v) is 7.61. The molecule has 24 heavy (non-hydrogen) atoms. The Morgan fingerprint density at radius 3 is 2.46 bits per heavy atom. The second-order valence-electron chi connectivity index (χ2n) is 5.00. The summed E-state index contributed by atoms with van der Waals surface area (Å²) >= 11 is 5.94. The number of carbonyl (C=O) groups excluding carboxylic acids is 1. The van der Waals surface area contributed by atoms with E-state index >= 15 is 0 Å². The van der Waals surface area contributed by atoms with Gasteiger partial charge in [0.1, 0.15) is 0 Å². The Kier molecular flexibility index (Phi) is 4.79. The number of halogens is 1. The van der Waals surface area contributed by atoms with Gasteiger partial charge >= 0.3 is 0 Å². The van der Waals surface area contributed by atoms with E-state index in [0.29, 0.717) is 24.7 Å². The van der Waals surface area contributed by atoms with Crippen molar-refractivity contribution in [1.29, 1.82) is 0 Å². The molecule has 1 amide bonds. The lowest BCUT2D eigenvalue weighted by atomic mass is 10.2. The first kappa shape index (κ1) is 16.4. The molecule has 1 aliphatic heterocycles. The molecule has 8 nitrogen and oxygen atoms in total. The van der Waals surface area contributed by atoms with Gasteiger partial charge in [-0.25, -0.2) is 9.97 Å². The summed E-state index contributed by atoms with van der Waals surface area (Å²) in [6.07, 6.45) is -0.341. The van der Waals surface area contributed by atoms with Gasteiger partial charge in [0.15, 0.2) is 28.8 Å². The van der Waals surface area contributed by atoms with Gasteiger partial charge in [-0.15, -0.1) is 0 Å². The Hall–Kier alpha value is -2.42. The van der Waals surface area contributed by atoms with E-state index < -0.39 is 5.91 Å². The molecule has 0 saturated carbocycles. The summed E-state index contributed by atoms with van der Waals surface area (Å²) in [5.41, 5.74) is 6.92. The average Bonchev–Trinajstić information content (AvgIpc) is 3.11. The highest BCUT2D eigenvalue weighted by Gasteiger charge is 2.19. The van der Waals surface area contributed by atoms with E-state index in [1.165, 1.54) is 0 Å². The third-order valence-corrected chi connectivity index (χ3v) is 3.65. The number of aromatic nitrogens is 2. The number of hydrogen-bond acceptors (Lipinski definition) is 7. The molecule has 0 bridgehead atoms. The SMILES string of the molecule is CNc1nc(Nc2ccc(C3OCCO3)cc2)c(C(N)=O)nc1Cl. The molecule has 4 N–H and O–H groups in total. The Morgan fingerprint density at radius 2 is 1.88 bits per heavy atom. The minimum absolute atomic E-state index is 0.0365. The van der Waals surface area contributed by atoms with Crippen molar-refractivity contribution in [3.05, 3.63) is 40.7 Å². The van der Waals surface area contributed by atoms with E-state index in [0.717, 1.165) is 5.56 Å². The van der Waals surface area contributed by atoms with Crippen LogP contribution in [0.3, 0.4) is 0 Å². The fourth-order valence-corrected chi connectivity index (χ4v) is 2.47. The highest BCUT2D eigenvalue weighted by molar-refractivity contribution is 6.32. The van der Waals surface area contributed by atoms with E-state index in [1.54, 1.807) is 7.05 Å². The lowest BCUT2D eigenvalue weighted by Crippen LogP contribution is -2.17. The van der Waals surface area contributed by atoms with Crippen molar-refractivity contribution >= 4 is 34.8 Å². The Labute approximate surface area is 143 Å². The first-order chi connectivity index (χ1) is 11.6. The fraction of sp³-hybridized carbons (Fsp3) is 0.267. The van der Waals surface area contributed by atoms with Gasteiger partial charge in [0.05, 0.1) is 13.2 Å². The van der Waals surface area contributed by atoms with Crippen molar-refractivity contribution in [3.8, 4) is 0 Å². The molecular formula is C15H16ClN5O3. The summed E-state index contributed by atoms with van der Waals surface area (Å²) in [4.78, 5) is 19.8. The van der Waals surface area contributed by atoms with Crippen LogP contribution in [0.5, 0.6) is 0 Å². The number of nitrogens with one attached hydrogen (secondary N) is 2. The van der Waals surface area contributed by atoms with Crippen molar-refractivity contribution in [2.45, 2.75) is 6.29 Å².